The van der Waals surface area contributed by atoms with Crippen LogP contribution in [0.25, 0.3) is 17.4 Å². The number of nitrogens with zero attached hydrogens (tertiary/aromatic N) is 1. The Morgan fingerprint density at radius 1 is 1.12 bits per heavy atom. The van der Waals surface area contributed by atoms with Gasteiger partial charge in [-0.3, -0.25) is 9.59 Å². The van der Waals surface area contributed by atoms with E-state index in [4.69, 9.17) is 9.15 Å². The molecule has 2 aromatic carbocycles. The van der Waals surface area contributed by atoms with Gasteiger partial charge in [-0.1, -0.05) is 12.1 Å². The summed E-state index contributed by atoms with van der Waals surface area (Å²) in [5.74, 6) is -0.346. The molecule has 9 heteroatoms. The summed E-state index contributed by atoms with van der Waals surface area (Å²) in [5, 5.41) is 5.05. The van der Waals surface area contributed by atoms with E-state index >= 15 is 0 Å². The molecule has 0 radical (unpaired) electrons. The lowest BCUT2D eigenvalue weighted by molar-refractivity contribution is -0.127. The van der Waals surface area contributed by atoms with Crippen molar-refractivity contribution in [2.24, 2.45) is 0 Å². The number of benzene rings is 2. The molecule has 0 unspecified atom stereocenters. The van der Waals surface area contributed by atoms with Crippen LogP contribution in [-0.4, -0.2) is 36.4 Å². The lowest BCUT2D eigenvalue weighted by atomic mass is 10.2. The molecule has 0 aliphatic carbocycles. The molecule has 1 aliphatic heterocycles. The van der Waals surface area contributed by atoms with Crippen LogP contribution in [0, 0.1) is 5.82 Å². The molecule has 162 valence electrons. The van der Waals surface area contributed by atoms with Crippen LogP contribution in [0.1, 0.15) is 5.76 Å². The predicted octanol–water partition coefficient (Wildman–Crippen LogP) is 3.63. The zero-order valence-electron chi connectivity index (χ0n) is 16.9. The lowest BCUT2D eigenvalue weighted by Crippen LogP contribution is -2.38. The number of imide groups is 1. The molecule has 1 fully saturated rings. The molecule has 0 saturated carbocycles. The number of carbonyl (C=O) groups excluding carboxylic acids is 3. The second-order valence-corrected chi connectivity index (χ2v) is 6.84. The first-order valence-electron chi connectivity index (χ1n) is 9.58. The molecule has 3 aromatic rings. The van der Waals surface area contributed by atoms with E-state index in [1.165, 1.54) is 25.3 Å². The maximum Gasteiger partial charge on any atom is 0.329 e. The summed E-state index contributed by atoms with van der Waals surface area (Å²) in [4.78, 5) is 38.0. The second kappa shape index (κ2) is 8.76. The highest BCUT2D eigenvalue weighted by atomic mass is 19.1. The summed E-state index contributed by atoms with van der Waals surface area (Å²) in [7, 11) is 1.47. The third-order valence-corrected chi connectivity index (χ3v) is 4.69. The number of nitrogens with one attached hydrogen (secondary N) is 2. The Bertz CT molecular complexity index is 1220. The lowest BCUT2D eigenvalue weighted by Gasteiger charge is -2.13. The van der Waals surface area contributed by atoms with Crippen LogP contribution < -0.4 is 15.4 Å². The highest BCUT2D eigenvalue weighted by molar-refractivity contribution is 6.15. The van der Waals surface area contributed by atoms with Crippen LogP contribution in [0.15, 0.2) is 70.8 Å². The van der Waals surface area contributed by atoms with Crippen LogP contribution >= 0.6 is 0 Å². The van der Waals surface area contributed by atoms with Gasteiger partial charge in [0.2, 0.25) is 5.91 Å². The standard InChI is InChI=1S/C23H18FN3O5/c1-31-20-5-3-2-4-17(20)25-21(28)13-27-22(29)18(26-23(27)30)12-16-10-11-19(32-16)14-6-8-15(24)9-7-14/h2-12H,13H2,1H3,(H,25,28)(H,26,30)/b18-12+. The average molecular weight is 435 g/mol. The SMILES string of the molecule is COc1ccccc1NC(=O)CN1C(=O)N/C(=C/c2ccc(-c3ccc(F)cc3)o2)C1=O. The molecule has 2 N–H and O–H groups in total. The first-order valence-corrected chi connectivity index (χ1v) is 9.58. The second-order valence-electron chi connectivity index (χ2n) is 6.84. The van der Waals surface area contributed by atoms with Gasteiger partial charge in [0, 0.05) is 11.6 Å². The van der Waals surface area contributed by atoms with Crippen LogP contribution in [0.2, 0.25) is 0 Å². The fourth-order valence-electron chi connectivity index (χ4n) is 3.14. The molecule has 2 heterocycles. The van der Waals surface area contributed by atoms with Crippen molar-refractivity contribution >= 4 is 29.6 Å². The number of urea groups is 1. The van der Waals surface area contributed by atoms with E-state index in [0.29, 0.717) is 28.5 Å². The topological polar surface area (TPSA) is 101 Å². The molecule has 0 bridgehead atoms. The van der Waals surface area contributed by atoms with E-state index in [2.05, 4.69) is 10.6 Å². The number of halogens is 1. The number of hydrogen-bond donors (Lipinski definition) is 2. The van der Waals surface area contributed by atoms with Crippen molar-refractivity contribution in [2.45, 2.75) is 0 Å². The van der Waals surface area contributed by atoms with Crippen LogP contribution in [0.3, 0.4) is 0 Å². The van der Waals surface area contributed by atoms with Crippen molar-refractivity contribution in [3.05, 3.63) is 77.9 Å². The molecule has 1 saturated heterocycles. The zero-order valence-corrected chi connectivity index (χ0v) is 16.9. The Hall–Kier alpha value is -4.40. The Morgan fingerprint density at radius 2 is 1.88 bits per heavy atom. The molecular formula is C23H18FN3O5. The molecule has 1 aromatic heterocycles. The fraction of sp³-hybridized carbons (Fsp3) is 0.0870. The number of hydrogen-bond acceptors (Lipinski definition) is 5. The first kappa shape index (κ1) is 20.9. The van der Waals surface area contributed by atoms with Gasteiger partial charge in [-0.25, -0.2) is 14.1 Å². The first-order chi connectivity index (χ1) is 15.4. The largest absolute Gasteiger partial charge is 0.495 e. The number of rotatable bonds is 6. The number of furan rings is 1. The molecule has 0 spiro atoms. The summed E-state index contributed by atoms with van der Waals surface area (Å²) in [5.41, 5.74) is 1.05. The number of ether oxygens (including phenoxy) is 1. The summed E-state index contributed by atoms with van der Waals surface area (Å²) in [6.07, 6.45) is 1.37. The van der Waals surface area contributed by atoms with Gasteiger partial charge in [-0.2, -0.15) is 0 Å². The van der Waals surface area contributed by atoms with Crippen molar-refractivity contribution in [2.75, 3.05) is 19.0 Å². The van der Waals surface area contributed by atoms with Gasteiger partial charge in [0.1, 0.15) is 35.3 Å². The van der Waals surface area contributed by atoms with E-state index < -0.39 is 24.4 Å². The smallest absolute Gasteiger partial charge is 0.329 e. The van der Waals surface area contributed by atoms with E-state index in [-0.39, 0.29) is 11.5 Å². The molecule has 32 heavy (non-hydrogen) atoms. The monoisotopic (exact) mass is 435 g/mol. The Balaban J connectivity index is 1.45. The van der Waals surface area contributed by atoms with E-state index in [9.17, 15) is 18.8 Å². The van der Waals surface area contributed by atoms with E-state index in [1.54, 1.807) is 48.5 Å². The average Bonchev–Trinajstić information content (AvgIpc) is 3.35. The summed E-state index contributed by atoms with van der Waals surface area (Å²) in [6.45, 7) is -0.473. The maximum absolute atomic E-state index is 13.1. The summed E-state index contributed by atoms with van der Waals surface area (Å²) >= 11 is 0. The summed E-state index contributed by atoms with van der Waals surface area (Å²) in [6, 6.07) is 15.1. The molecular weight excluding hydrogens is 417 g/mol. The quantitative estimate of drug-likeness (QED) is 0.455. The van der Waals surface area contributed by atoms with Gasteiger partial charge in [-0.05, 0) is 48.5 Å². The molecule has 4 rings (SSSR count). The fourth-order valence-corrected chi connectivity index (χ4v) is 3.14. The minimum Gasteiger partial charge on any atom is -0.495 e. The minimum absolute atomic E-state index is 0.0277. The van der Waals surface area contributed by atoms with Gasteiger partial charge in [0.15, 0.2) is 0 Å². The third-order valence-electron chi connectivity index (χ3n) is 4.69. The zero-order chi connectivity index (χ0) is 22.7. The van der Waals surface area contributed by atoms with Gasteiger partial charge < -0.3 is 19.8 Å². The van der Waals surface area contributed by atoms with E-state index in [1.807, 2.05) is 0 Å². The van der Waals surface area contributed by atoms with Crippen molar-refractivity contribution in [3.63, 3.8) is 0 Å². The number of carbonyl (C=O) groups is 3. The van der Waals surface area contributed by atoms with Gasteiger partial charge in [-0.15, -0.1) is 0 Å². The third kappa shape index (κ3) is 4.36. The van der Waals surface area contributed by atoms with Crippen molar-refractivity contribution in [1.29, 1.82) is 0 Å². The van der Waals surface area contributed by atoms with E-state index in [0.717, 1.165) is 4.90 Å². The van der Waals surface area contributed by atoms with Crippen molar-refractivity contribution in [1.82, 2.24) is 10.2 Å². The van der Waals surface area contributed by atoms with Crippen LogP contribution in [0.4, 0.5) is 14.9 Å². The van der Waals surface area contributed by atoms with Crippen LogP contribution in [-0.2, 0) is 9.59 Å². The minimum atomic E-state index is -0.721. The van der Waals surface area contributed by atoms with Gasteiger partial charge >= 0.3 is 6.03 Å². The molecule has 0 atom stereocenters. The Kier molecular flexibility index (Phi) is 5.71. The Morgan fingerprint density at radius 3 is 2.62 bits per heavy atom. The van der Waals surface area contributed by atoms with Gasteiger partial charge in [0.05, 0.1) is 12.8 Å². The number of anilines is 1. The Labute approximate surface area is 182 Å². The maximum atomic E-state index is 13.1. The van der Waals surface area contributed by atoms with Crippen molar-refractivity contribution in [3.8, 4) is 17.1 Å². The normalized spacial score (nSPS) is 14.6. The number of amides is 4. The van der Waals surface area contributed by atoms with Crippen molar-refractivity contribution < 1.29 is 27.9 Å². The number of methoxy groups -OCH3 is 1. The molecule has 4 amide bonds. The summed E-state index contributed by atoms with van der Waals surface area (Å²) < 4.78 is 23.9. The highest BCUT2D eigenvalue weighted by Gasteiger charge is 2.35. The predicted molar refractivity (Wildman–Crippen MR) is 114 cm³/mol. The number of para-hydroxylation sites is 2. The molecule has 1 aliphatic rings. The highest BCUT2D eigenvalue weighted by Crippen LogP contribution is 2.25. The molecule has 8 nitrogen and oxygen atoms in total. The van der Waals surface area contributed by atoms with Gasteiger partial charge in [0.25, 0.3) is 5.91 Å². The van der Waals surface area contributed by atoms with Crippen LogP contribution in [0.5, 0.6) is 5.75 Å².